The molecule has 0 amide bonds. The molecule has 1 aliphatic rings. The second-order valence-electron chi connectivity index (χ2n) is 2.92. The van der Waals surface area contributed by atoms with Crippen molar-refractivity contribution in [3.63, 3.8) is 0 Å². The molecular weight excluding hydrogens is 172 g/mol. The van der Waals surface area contributed by atoms with Crippen LogP contribution in [0.4, 0.5) is 0 Å². The van der Waals surface area contributed by atoms with E-state index >= 15 is 0 Å². The number of aliphatic hydroxyl groups is 1. The van der Waals surface area contributed by atoms with E-state index in [2.05, 4.69) is 6.58 Å². The Balaban J connectivity index is 1.98. The summed E-state index contributed by atoms with van der Waals surface area (Å²) in [6.45, 7) is 5.69. The van der Waals surface area contributed by atoms with E-state index in [9.17, 15) is 0 Å². The van der Waals surface area contributed by atoms with Crippen LogP contribution in [0.3, 0.4) is 0 Å². The van der Waals surface area contributed by atoms with Crippen molar-refractivity contribution in [2.45, 2.75) is 12.2 Å². The van der Waals surface area contributed by atoms with E-state index in [1.54, 1.807) is 6.08 Å². The van der Waals surface area contributed by atoms with Gasteiger partial charge in [0.05, 0.1) is 33.0 Å². The molecule has 0 radical (unpaired) electrons. The number of hydrogen-bond acceptors (Lipinski definition) is 4. The minimum atomic E-state index is -0.246. The van der Waals surface area contributed by atoms with Crippen LogP contribution in [0.5, 0.6) is 0 Å². The number of epoxide rings is 1. The zero-order chi connectivity index (χ0) is 9.52. The Labute approximate surface area is 78.1 Å². The van der Waals surface area contributed by atoms with E-state index in [-0.39, 0.29) is 18.8 Å². The first-order valence-corrected chi connectivity index (χ1v) is 4.39. The maximum absolute atomic E-state index is 8.89. The molecule has 13 heavy (non-hydrogen) atoms. The maximum atomic E-state index is 8.89. The molecule has 1 heterocycles. The van der Waals surface area contributed by atoms with Gasteiger partial charge in [-0.2, -0.15) is 0 Å². The van der Waals surface area contributed by atoms with Crippen molar-refractivity contribution in [2.75, 3.05) is 33.0 Å². The molecule has 1 fully saturated rings. The highest BCUT2D eigenvalue weighted by Gasteiger charge is 2.24. The van der Waals surface area contributed by atoms with Crippen molar-refractivity contribution in [1.82, 2.24) is 0 Å². The average molecular weight is 188 g/mol. The van der Waals surface area contributed by atoms with E-state index in [1.165, 1.54) is 0 Å². The molecule has 0 aromatic carbocycles. The van der Waals surface area contributed by atoms with E-state index in [4.69, 9.17) is 19.3 Å². The summed E-state index contributed by atoms with van der Waals surface area (Å²) >= 11 is 0. The van der Waals surface area contributed by atoms with Crippen LogP contribution in [0, 0.1) is 0 Å². The molecule has 1 aliphatic heterocycles. The van der Waals surface area contributed by atoms with Crippen LogP contribution < -0.4 is 0 Å². The lowest BCUT2D eigenvalue weighted by molar-refractivity contribution is -0.0413. The molecular formula is C9H16O4. The van der Waals surface area contributed by atoms with Crippen molar-refractivity contribution < 1.29 is 19.3 Å². The minimum absolute atomic E-state index is 0.0239. The molecule has 2 unspecified atom stereocenters. The van der Waals surface area contributed by atoms with Crippen LogP contribution in [0.1, 0.15) is 0 Å². The van der Waals surface area contributed by atoms with Crippen molar-refractivity contribution >= 4 is 0 Å². The Bertz CT molecular complexity index is 145. The third kappa shape index (κ3) is 5.00. The molecule has 0 saturated carbocycles. The van der Waals surface area contributed by atoms with Crippen LogP contribution >= 0.6 is 0 Å². The summed E-state index contributed by atoms with van der Waals surface area (Å²) < 4.78 is 15.4. The number of hydrogen-bond donors (Lipinski definition) is 1. The minimum Gasteiger partial charge on any atom is -0.394 e. The Morgan fingerprint density at radius 2 is 2.46 bits per heavy atom. The fourth-order valence-electron chi connectivity index (χ4n) is 0.844. The maximum Gasteiger partial charge on any atom is 0.104 e. The first-order chi connectivity index (χ1) is 6.36. The summed E-state index contributed by atoms with van der Waals surface area (Å²) in [5.74, 6) is 0. The smallest absolute Gasteiger partial charge is 0.104 e. The van der Waals surface area contributed by atoms with Gasteiger partial charge < -0.3 is 19.3 Å². The molecule has 0 bridgehead atoms. The van der Waals surface area contributed by atoms with Crippen LogP contribution in [0.15, 0.2) is 12.7 Å². The molecule has 0 aliphatic carbocycles. The van der Waals surface area contributed by atoms with Crippen LogP contribution in [-0.2, 0) is 14.2 Å². The molecule has 1 rings (SSSR count). The van der Waals surface area contributed by atoms with Gasteiger partial charge in [-0.3, -0.25) is 0 Å². The second kappa shape index (κ2) is 6.10. The fraction of sp³-hybridized carbons (Fsp3) is 0.778. The molecule has 0 aromatic rings. The van der Waals surface area contributed by atoms with Crippen LogP contribution in [-0.4, -0.2) is 50.3 Å². The summed E-state index contributed by atoms with van der Waals surface area (Å²) in [4.78, 5) is 0. The van der Waals surface area contributed by atoms with E-state index in [0.717, 1.165) is 6.61 Å². The predicted molar refractivity (Wildman–Crippen MR) is 47.6 cm³/mol. The molecule has 0 spiro atoms. The zero-order valence-corrected chi connectivity index (χ0v) is 7.65. The second-order valence-corrected chi connectivity index (χ2v) is 2.92. The highest BCUT2D eigenvalue weighted by Crippen LogP contribution is 2.09. The first kappa shape index (κ1) is 10.7. The molecule has 1 N–H and O–H groups in total. The standard InChI is InChI=1S/C9H16O4/c1-2-3-11-5-8(4-10)12-6-9-7-13-9/h2,8-10H,1,3-7H2. The molecule has 4 heteroatoms. The topological polar surface area (TPSA) is 51.2 Å². The molecule has 2 atom stereocenters. The van der Waals surface area contributed by atoms with E-state index < -0.39 is 0 Å². The molecule has 0 aromatic heterocycles. The van der Waals surface area contributed by atoms with Gasteiger partial charge in [0, 0.05) is 0 Å². The lowest BCUT2D eigenvalue weighted by Crippen LogP contribution is -2.25. The highest BCUT2D eigenvalue weighted by atomic mass is 16.6. The third-order valence-electron chi connectivity index (χ3n) is 1.66. The zero-order valence-electron chi connectivity index (χ0n) is 7.65. The van der Waals surface area contributed by atoms with E-state index in [1.807, 2.05) is 0 Å². The number of ether oxygens (including phenoxy) is 3. The third-order valence-corrected chi connectivity index (χ3v) is 1.66. The number of rotatable bonds is 8. The van der Waals surface area contributed by atoms with Gasteiger partial charge in [0.1, 0.15) is 12.2 Å². The van der Waals surface area contributed by atoms with Gasteiger partial charge in [0.15, 0.2) is 0 Å². The summed E-state index contributed by atoms with van der Waals surface area (Å²) in [6, 6.07) is 0. The summed E-state index contributed by atoms with van der Waals surface area (Å²) in [5.41, 5.74) is 0. The summed E-state index contributed by atoms with van der Waals surface area (Å²) in [5, 5.41) is 8.89. The molecule has 76 valence electrons. The Hall–Kier alpha value is -0.420. The molecule has 4 nitrogen and oxygen atoms in total. The van der Waals surface area contributed by atoms with Gasteiger partial charge in [0.25, 0.3) is 0 Å². The van der Waals surface area contributed by atoms with Gasteiger partial charge in [0.2, 0.25) is 0 Å². The van der Waals surface area contributed by atoms with Crippen molar-refractivity contribution in [2.24, 2.45) is 0 Å². The Kier molecular flexibility index (Phi) is 5.00. The monoisotopic (exact) mass is 188 g/mol. The van der Waals surface area contributed by atoms with Crippen molar-refractivity contribution in [3.05, 3.63) is 12.7 Å². The van der Waals surface area contributed by atoms with Crippen molar-refractivity contribution in [3.8, 4) is 0 Å². The van der Waals surface area contributed by atoms with Crippen molar-refractivity contribution in [1.29, 1.82) is 0 Å². The fourth-order valence-corrected chi connectivity index (χ4v) is 0.844. The largest absolute Gasteiger partial charge is 0.394 e. The lowest BCUT2D eigenvalue weighted by Gasteiger charge is -2.14. The van der Waals surface area contributed by atoms with Gasteiger partial charge in [-0.15, -0.1) is 6.58 Å². The molecule has 1 saturated heterocycles. The van der Waals surface area contributed by atoms with Gasteiger partial charge in [-0.25, -0.2) is 0 Å². The normalized spacial score (nSPS) is 22.7. The quantitative estimate of drug-likeness (QED) is 0.330. The van der Waals surface area contributed by atoms with Crippen LogP contribution in [0.2, 0.25) is 0 Å². The SMILES string of the molecule is C=CCOCC(CO)OCC1CO1. The Morgan fingerprint density at radius 1 is 1.69 bits per heavy atom. The van der Waals surface area contributed by atoms with E-state index in [0.29, 0.717) is 19.8 Å². The van der Waals surface area contributed by atoms with Gasteiger partial charge >= 0.3 is 0 Å². The average Bonchev–Trinajstić information content (AvgIpc) is 2.94. The van der Waals surface area contributed by atoms with Crippen LogP contribution in [0.25, 0.3) is 0 Å². The summed E-state index contributed by atoms with van der Waals surface area (Å²) in [6.07, 6.45) is 1.65. The summed E-state index contributed by atoms with van der Waals surface area (Å²) in [7, 11) is 0. The Morgan fingerprint density at radius 3 is 3.00 bits per heavy atom. The van der Waals surface area contributed by atoms with Gasteiger partial charge in [-0.1, -0.05) is 6.08 Å². The highest BCUT2D eigenvalue weighted by molar-refractivity contribution is 4.69. The lowest BCUT2D eigenvalue weighted by atomic mass is 10.4. The van der Waals surface area contributed by atoms with Gasteiger partial charge in [-0.05, 0) is 0 Å². The predicted octanol–water partition coefficient (Wildman–Crippen LogP) is -0.0347. The first-order valence-electron chi connectivity index (χ1n) is 4.39. The number of aliphatic hydroxyl groups excluding tert-OH is 1.